The van der Waals surface area contributed by atoms with E-state index in [0.717, 1.165) is 38.0 Å². The van der Waals surface area contributed by atoms with Crippen LogP contribution >= 0.6 is 0 Å². The van der Waals surface area contributed by atoms with E-state index in [9.17, 15) is 8.42 Å². The topological polar surface area (TPSA) is 43.9 Å². The van der Waals surface area contributed by atoms with Crippen LogP contribution in [0.5, 0.6) is 0 Å². The van der Waals surface area contributed by atoms with E-state index in [1.54, 1.807) is 14.1 Å². The van der Waals surface area contributed by atoms with Crippen molar-refractivity contribution in [3.05, 3.63) is 0 Å². The van der Waals surface area contributed by atoms with E-state index in [1.807, 2.05) is 0 Å². The highest BCUT2D eigenvalue weighted by Gasteiger charge is 2.28. The van der Waals surface area contributed by atoms with Crippen LogP contribution in [0, 0.1) is 5.92 Å². The first kappa shape index (κ1) is 18.2. The second-order valence-electron chi connectivity index (χ2n) is 7.11. The molecule has 2 rings (SSSR count). The summed E-state index contributed by atoms with van der Waals surface area (Å²) in [5, 5.41) is 0. The van der Waals surface area contributed by atoms with Crippen molar-refractivity contribution in [2.45, 2.75) is 45.1 Å². The largest absolute Gasteiger partial charge is 0.303 e. The molecule has 22 heavy (non-hydrogen) atoms. The standard InChI is InChI=1S/C16H33N3O2S/c1-15(19-10-4-5-11-19)16-7-12-18(13-8-16)9-6-14-22(20,21)17(2)3/h15-16H,4-14H2,1-3H3. The molecule has 2 saturated heterocycles. The summed E-state index contributed by atoms with van der Waals surface area (Å²) in [5.74, 6) is 1.09. The summed E-state index contributed by atoms with van der Waals surface area (Å²) in [5.41, 5.74) is 0. The summed E-state index contributed by atoms with van der Waals surface area (Å²) in [6.07, 6.45) is 6.00. The Labute approximate surface area is 136 Å². The smallest absolute Gasteiger partial charge is 0.213 e. The van der Waals surface area contributed by atoms with Crippen LogP contribution in [0.1, 0.15) is 39.0 Å². The predicted molar refractivity (Wildman–Crippen MR) is 91.5 cm³/mol. The van der Waals surface area contributed by atoms with Gasteiger partial charge >= 0.3 is 0 Å². The number of sulfonamides is 1. The fourth-order valence-electron chi connectivity index (χ4n) is 3.76. The Hall–Kier alpha value is -0.170. The van der Waals surface area contributed by atoms with Crippen LogP contribution < -0.4 is 0 Å². The SMILES string of the molecule is CC(C1CCN(CCCS(=O)(=O)N(C)C)CC1)N1CCCC1. The Balaban J connectivity index is 1.67. The van der Waals surface area contributed by atoms with Gasteiger partial charge < -0.3 is 9.80 Å². The third-order valence-corrected chi connectivity index (χ3v) is 7.38. The van der Waals surface area contributed by atoms with Gasteiger partial charge in [-0.1, -0.05) is 0 Å². The molecule has 0 radical (unpaired) electrons. The first-order chi connectivity index (χ1) is 10.4. The number of nitrogens with zero attached hydrogens (tertiary/aromatic N) is 3. The third-order valence-electron chi connectivity index (χ3n) is 5.46. The van der Waals surface area contributed by atoms with E-state index in [4.69, 9.17) is 0 Å². The second kappa shape index (κ2) is 8.08. The number of hydrogen-bond acceptors (Lipinski definition) is 4. The summed E-state index contributed by atoms with van der Waals surface area (Å²) < 4.78 is 24.9. The van der Waals surface area contributed by atoms with Gasteiger partial charge in [-0.25, -0.2) is 12.7 Å². The highest BCUT2D eigenvalue weighted by atomic mass is 32.2. The molecule has 2 aliphatic rings. The summed E-state index contributed by atoms with van der Waals surface area (Å²) in [4.78, 5) is 5.10. The molecule has 130 valence electrons. The van der Waals surface area contributed by atoms with Crippen LogP contribution in [0.3, 0.4) is 0 Å². The lowest BCUT2D eigenvalue weighted by Crippen LogP contribution is -2.43. The maximum Gasteiger partial charge on any atom is 0.213 e. The first-order valence-corrected chi connectivity index (χ1v) is 10.4. The van der Waals surface area contributed by atoms with Crippen LogP contribution in [-0.2, 0) is 10.0 Å². The zero-order valence-corrected chi connectivity index (χ0v) is 15.3. The predicted octanol–water partition coefficient (Wildman–Crippen LogP) is 1.46. The molecule has 2 heterocycles. The quantitative estimate of drug-likeness (QED) is 0.708. The van der Waals surface area contributed by atoms with Crippen molar-refractivity contribution < 1.29 is 8.42 Å². The minimum Gasteiger partial charge on any atom is -0.303 e. The van der Waals surface area contributed by atoms with E-state index >= 15 is 0 Å². The summed E-state index contributed by atoms with van der Waals surface area (Å²) in [6, 6.07) is 0.721. The van der Waals surface area contributed by atoms with Crippen molar-refractivity contribution in [1.29, 1.82) is 0 Å². The monoisotopic (exact) mass is 331 g/mol. The Morgan fingerprint density at radius 3 is 2.23 bits per heavy atom. The summed E-state index contributed by atoms with van der Waals surface area (Å²) in [7, 11) is 0.189. The molecule has 0 saturated carbocycles. The molecule has 0 bridgehead atoms. The minimum absolute atomic E-state index is 0.268. The van der Waals surface area contributed by atoms with Gasteiger partial charge in [-0.2, -0.15) is 0 Å². The van der Waals surface area contributed by atoms with Gasteiger partial charge in [0.05, 0.1) is 5.75 Å². The molecular weight excluding hydrogens is 298 g/mol. The van der Waals surface area contributed by atoms with Crippen LogP contribution in [0.2, 0.25) is 0 Å². The maximum atomic E-state index is 11.8. The molecule has 1 unspecified atom stereocenters. The molecule has 0 aromatic heterocycles. The molecule has 6 heteroatoms. The molecule has 2 fully saturated rings. The normalized spacial score (nSPS) is 24.2. The maximum absolute atomic E-state index is 11.8. The fourth-order valence-corrected chi connectivity index (χ4v) is 4.62. The van der Waals surface area contributed by atoms with E-state index in [0.29, 0.717) is 0 Å². The highest BCUT2D eigenvalue weighted by molar-refractivity contribution is 7.89. The Bertz CT molecular complexity index is 425. The van der Waals surface area contributed by atoms with E-state index in [1.165, 1.54) is 43.1 Å². The van der Waals surface area contributed by atoms with Gasteiger partial charge in [0.1, 0.15) is 0 Å². The van der Waals surface area contributed by atoms with Crippen molar-refractivity contribution in [2.75, 3.05) is 52.6 Å². The molecule has 0 spiro atoms. The zero-order chi connectivity index (χ0) is 16.2. The molecule has 0 N–H and O–H groups in total. The molecule has 0 amide bonds. The molecule has 5 nitrogen and oxygen atoms in total. The van der Waals surface area contributed by atoms with Crippen LogP contribution in [0.15, 0.2) is 0 Å². The lowest BCUT2D eigenvalue weighted by Gasteiger charge is -2.38. The molecule has 0 aliphatic carbocycles. The van der Waals surface area contributed by atoms with Gasteiger partial charge in [-0.3, -0.25) is 0 Å². The van der Waals surface area contributed by atoms with Crippen LogP contribution in [-0.4, -0.2) is 81.1 Å². The van der Waals surface area contributed by atoms with Gasteiger partial charge in [0.2, 0.25) is 10.0 Å². The Kier molecular flexibility index (Phi) is 6.68. The van der Waals surface area contributed by atoms with Crippen molar-refractivity contribution in [2.24, 2.45) is 5.92 Å². The average Bonchev–Trinajstić information content (AvgIpc) is 3.01. The van der Waals surface area contributed by atoms with E-state index in [2.05, 4.69) is 16.7 Å². The van der Waals surface area contributed by atoms with Gasteiger partial charge in [-0.05, 0) is 77.7 Å². The van der Waals surface area contributed by atoms with Gasteiger partial charge in [0, 0.05) is 20.1 Å². The minimum atomic E-state index is -3.03. The first-order valence-electron chi connectivity index (χ1n) is 8.77. The van der Waals surface area contributed by atoms with Crippen molar-refractivity contribution in [3.63, 3.8) is 0 Å². The van der Waals surface area contributed by atoms with Crippen LogP contribution in [0.4, 0.5) is 0 Å². The summed E-state index contributed by atoms with van der Waals surface area (Å²) in [6.45, 7) is 8.14. The highest BCUT2D eigenvalue weighted by Crippen LogP contribution is 2.26. The number of rotatable bonds is 7. The van der Waals surface area contributed by atoms with Crippen LogP contribution in [0.25, 0.3) is 0 Å². The summed E-state index contributed by atoms with van der Waals surface area (Å²) >= 11 is 0. The van der Waals surface area contributed by atoms with Gasteiger partial charge in [0.15, 0.2) is 0 Å². The molecule has 0 aromatic rings. The second-order valence-corrected chi connectivity index (χ2v) is 9.42. The lowest BCUT2D eigenvalue weighted by atomic mass is 9.89. The van der Waals surface area contributed by atoms with Gasteiger partial charge in [-0.15, -0.1) is 0 Å². The Morgan fingerprint density at radius 1 is 1.09 bits per heavy atom. The number of piperidine rings is 1. The molecule has 1 atom stereocenters. The van der Waals surface area contributed by atoms with E-state index in [-0.39, 0.29) is 5.75 Å². The number of likely N-dealkylation sites (tertiary alicyclic amines) is 2. The van der Waals surface area contributed by atoms with Crippen molar-refractivity contribution in [1.82, 2.24) is 14.1 Å². The van der Waals surface area contributed by atoms with E-state index < -0.39 is 10.0 Å². The molecule has 2 aliphatic heterocycles. The van der Waals surface area contributed by atoms with Crippen molar-refractivity contribution >= 4 is 10.0 Å². The average molecular weight is 332 g/mol. The number of hydrogen-bond donors (Lipinski definition) is 0. The fraction of sp³-hybridized carbons (Fsp3) is 1.00. The Morgan fingerprint density at radius 2 is 1.68 bits per heavy atom. The van der Waals surface area contributed by atoms with Gasteiger partial charge in [0.25, 0.3) is 0 Å². The molecular formula is C16H33N3O2S. The lowest BCUT2D eigenvalue weighted by molar-refractivity contribution is 0.111. The zero-order valence-electron chi connectivity index (χ0n) is 14.5. The van der Waals surface area contributed by atoms with Crippen molar-refractivity contribution in [3.8, 4) is 0 Å². The molecule has 0 aromatic carbocycles. The third kappa shape index (κ3) is 4.91.